The molecule has 0 aromatic carbocycles. The van der Waals surface area contributed by atoms with Gasteiger partial charge in [0.1, 0.15) is 12.5 Å². The molecule has 9 nitrogen and oxygen atoms in total. The third-order valence-corrected chi connectivity index (χ3v) is 8.59. The monoisotopic (exact) mass is 539 g/mol. The summed E-state index contributed by atoms with van der Waals surface area (Å²) in [5.41, 5.74) is 0. The lowest BCUT2D eigenvalue weighted by Crippen LogP contribution is -2.62. The molecule has 0 bridgehead atoms. The van der Waals surface area contributed by atoms with Gasteiger partial charge in [0.05, 0.1) is 17.2 Å². The second kappa shape index (κ2) is 14.4. The molecule has 3 fully saturated rings. The smallest absolute Gasteiger partial charge is 0.220 e. The molecular formula is C23H43ClFN5O4S. The summed E-state index contributed by atoms with van der Waals surface area (Å²) in [6.45, 7) is 4.73. The van der Waals surface area contributed by atoms with E-state index in [9.17, 15) is 17.6 Å². The number of nitrogens with two attached hydrogens (primary N) is 1. The standard InChI is InChI=1S/C23H43ClFN5O4S/c24-19-15-28-23(29-16-19)30-9-6-17(7-10-30)3-1-11-34-20-5-4-18(21(25)14-20)13-22(31)27-8-2-12-35(26,32)33/h17-21,23,28-29H,1-16H2,(H,27,31)(H2,26,32,33). The zero-order valence-corrected chi connectivity index (χ0v) is 22.2. The van der Waals surface area contributed by atoms with E-state index >= 15 is 0 Å². The van der Waals surface area contributed by atoms with Crippen LogP contribution in [0.25, 0.3) is 0 Å². The molecular weight excluding hydrogens is 497 g/mol. The van der Waals surface area contributed by atoms with Crippen LogP contribution in [0.5, 0.6) is 0 Å². The van der Waals surface area contributed by atoms with E-state index < -0.39 is 16.2 Å². The molecule has 3 unspecified atom stereocenters. The molecule has 3 atom stereocenters. The van der Waals surface area contributed by atoms with Crippen LogP contribution in [0.15, 0.2) is 0 Å². The van der Waals surface area contributed by atoms with E-state index in [-0.39, 0.29) is 54.7 Å². The summed E-state index contributed by atoms with van der Waals surface area (Å²) in [5, 5.41) is 14.7. The van der Waals surface area contributed by atoms with Gasteiger partial charge in [-0.25, -0.2) is 17.9 Å². The van der Waals surface area contributed by atoms with Crippen molar-refractivity contribution in [2.45, 2.75) is 81.7 Å². The number of sulfonamides is 1. The average Bonchev–Trinajstić information content (AvgIpc) is 2.82. The summed E-state index contributed by atoms with van der Waals surface area (Å²) in [7, 11) is -3.52. The predicted octanol–water partition coefficient (Wildman–Crippen LogP) is 1.27. The van der Waals surface area contributed by atoms with Crippen molar-refractivity contribution in [1.82, 2.24) is 20.9 Å². The number of primary sulfonamides is 1. The fourth-order valence-electron chi connectivity index (χ4n) is 5.34. The van der Waals surface area contributed by atoms with Crippen LogP contribution in [0.2, 0.25) is 0 Å². The van der Waals surface area contributed by atoms with E-state index in [0.29, 0.717) is 25.4 Å². The number of carbonyl (C=O) groups excluding carboxylic acids is 1. The van der Waals surface area contributed by atoms with Gasteiger partial charge in [0.15, 0.2) is 0 Å². The fraction of sp³-hybridized carbons (Fsp3) is 0.957. The first-order valence-corrected chi connectivity index (χ1v) is 15.2. The van der Waals surface area contributed by atoms with Crippen LogP contribution in [0.4, 0.5) is 4.39 Å². The maximum atomic E-state index is 14.6. The van der Waals surface area contributed by atoms with Gasteiger partial charge in [-0.15, -0.1) is 11.6 Å². The highest BCUT2D eigenvalue weighted by Crippen LogP contribution is 2.31. The van der Waals surface area contributed by atoms with E-state index in [0.717, 1.165) is 45.4 Å². The van der Waals surface area contributed by atoms with Gasteiger partial charge in [-0.05, 0) is 56.8 Å². The molecule has 204 valence electrons. The summed E-state index contributed by atoms with van der Waals surface area (Å²) in [6.07, 6.45) is 5.74. The molecule has 12 heteroatoms. The average molecular weight is 540 g/mol. The van der Waals surface area contributed by atoms with Gasteiger partial charge >= 0.3 is 0 Å². The number of alkyl halides is 2. The maximum absolute atomic E-state index is 14.6. The second-order valence-electron chi connectivity index (χ2n) is 10.3. The zero-order valence-electron chi connectivity index (χ0n) is 20.6. The largest absolute Gasteiger partial charge is 0.378 e. The van der Waals surface area contributed by atoms with Crippen molar-refractivity contribution in [3.05, 3.63) is 0 Å². The van der Waals surface area contributed by atoms with Gasteiger partial charge < -0.3 is 10.1 Å². The lowest BCUT2D eigenvalue weighted by molar-refractivity contribution is -0.123. The molecule has 0 aromatic rings. The van der Waals surface area contributed by atoms with Crippen molar-refractivity contribution < 1.29 is 22.3 Å². The Morgan fingerprint density at radius 3 is 2.51 bits per heavy atom. The van der Waals surface area contributed by atoms with Gasteiger partial charge in [-0.2, -0.15) is 0 Å². The molecule has 1 saturated carbocycles. The number of amides is 1. The zero-order chi connectivity index (χ0) is 25.3. The Morgan fingerprint density at radius 2 is 1.86 bits per heavy atom. The maximum Gasteiger partial charge on any atom is 0.220 e. The number of halogens is 2. The molecule has 3 rings (SSSR count). The summed E-state index contributed by atoms with van der Waals surface area (Å²) >= 11 is 6.13. The highest BCUT2D eigenvalue weighted by Gasteiger charge is 2.32. The highest BCUT2D eigenvalue weighted by molar-refractivity contribution is 7.89. The number of rotatable bonds is 12. The third-order valence-electron chi connectivity index (χ3n) is 7.42. The molecule has 2 heterocycles. The van der Waals surface area contributed by atoms with Crippen LogP contribution in [0, 0.1) is 11.8 Å². The normalized spacial score (nSPS) is 31.3. The Labute approximate surface area is 214 Å². The Bertz CT molecular complexity index is 748. The lowest BCUT2D eigenvalue weighted by Gasteiger charge is -2.41. The molecule has 0 radical (unpaired) electrons. The number of likely N-dealkylation sites (tertiary alicyclic amines) is 1. The third kappa shape index (κ3) is 10.8. The number of piperidine rings is 1. The summed E-state index contributed by atoms with van der Waals surface area (Å²) < 4.78 is 42.4. The van der Waals surface area contributed by atoms with Crippen molar-refractivity contribution in [2.24, 2.45) is 17.0 Å². The van der Waals surface area contributed by atoms with Crippen LogP contribution in [-0.4, -0.2) is 88.3 Å². The number of nitrogens with one attached hydrogen (secondary N) is 3. The molecule has 0 aromatic heterocycles. The van der Waals surface area contributed by atoms with Crippen molar-refractivity contribution >= 4 is 27.5 Å². The SMILES string of the molecule is NS(=O)(=O)CCCNC(=O)CC1CCC(OCCCC2CCN(C3NCC(Cl)CN3)CC2)CC1F. The second-order valence-corrected chi connectivity index (χ2v) is 12.6. The molecule has 0 spiro atoms. The number of ether oxygens (including phenoxy) is 1. The van der Waals surface area contributed by atoms with Gasteiger partial charge in [0.2, 0.25) is 15.9 Å². The molecule has 1 aliphatic carbocycles. The predicted molar refractivity (Wildman–Crippen MR) is 135 cm³/mol. The molecule has 3 aliphatic rings. The summed E-state index contributed by atoms with van der Waals surface area (Å²) in [4.78, 5) is 14.5. The van der Waals surface area contributed by atoms with Crippen molar-refractivity contribution in [3.8, 4) is 0 Å². The van der Waals surface area contributed by atoms with Gasteiger partial charge in [0, 0.05) is 52.2 Å². The van der Waals surface area contributed by atoms with Crippen molar-refractivity contribution in [3.63, 3.8) is 0 Å². The minimum absolute atomic E-state index is 0.0740. The van der Waals surface area contributed by atoms with E-state index in [1.807, 2.05) is 0 Å². The first-order chi connectivity index (χ1) is 16.7. The Morgan fingerprint density at radius 1 is 1.14 bits per heavy atom. The number of hydrogen-bond donors (Lipinski definition) is 4. The van der Waals surface area contributed by atoms with Crippen LogP contribution in [0.3, 0.4) is 0 Å². The summed E-state index contributed by atoms with van der Waals surface area (Å²) in [6, 6.07) is 0. The van der Waals surface area contributed by atoms with E-state index in [1.54, 1.807) is 0 Å². The first kappa shape index (κ1) is 29.0. The van der Waals surface area contributed by atoms with Crippen LogP contribution in [0.1, 0.15) is 57.8 Å². The molecule has 2 saturated heterocycles. The minimum Gasteiger partial charge on any atom is -0.378 e. The molecule has 1 amide bonds. The molecule has 35 heavy (non-hydrogen) atoms. The molecule has 5 N–H and O–H groups in total. The van der Waals surface area contributed by atoms with Gasteiger partial charge in [0.25, 0.3) is 0 Å². The quantitative estimate of drug-likeness (QED) is 0.217. The topological polar surface area (TPSA) is 126 Å². The van der Waals surface area contributed by atoms with Crippen molar-refractivity contribution in [1.29, 1.82) is 0 Å². The van der Waals surface area contributed by atoms with Crippen LogP contribution in [-0.2, 0) is 19.6 Å². The van der Waals surface area contributed by atoms with Gasteiger partial charge in [-0.3, -0.25) is 20.3 Å². The first-order valence-electron chi connectivity index (χ1n) is 13.1. The number of hydrogen-bond acceptors (Lipinski definition) is 7. The Kier molecular flexibility index (Phi) is 11.9. The van der Waals surface area contributed by atoms with E-state index in [2.05, 4.69) is 20.9 Å². The Balaban J connectivity index is 1.21. The number of nitrogens with zero attached hydrogens (tertiary/aromatic N) is 1. The number of carbonyl (C=O) groups is 1. The summed E-state index contributed by atoms with van der Waals surface area (Å²) in [5.74, 6) is -0.00397. The minimum atomic E-state index is -3.52. The van der Waals surface area contributed by atoms with Gasteiger partial charge in [-0.1, -0.05) is 0 Å². The fourth-order valence-corrected chi connectivity index (χ4v) is 6.06. The van der Waals surface area contributed by atoms with Crippen LogP contribution >= 0.6 is 11.6 Å². The Hall–Kier alpha value is -0.560. The highest BCUT2D eigenvalue weighted by atomic mass is 35.5. The lowest BCUT2D eigenvalue weighted by atomic mass is 9.83. The molecule has 2 aliphatic heterocycles. The van der Waals surface area contributed by atoms with Crippen LogP contribution < -0.4 is 21.1 Å². The van der Waals surface area contributed by atoms with E-state index in [1.165, 1.54) is 12.8 Å². The van der Waals surface area contributed by atoms with E-state index in [4.69, 9.17) is 21.5 Å². The van der Waals surface area contributed by atoms with Crippen molar-refractivity contribution in [2.75, 3.05) is 45.1 Å².